The molecule has 16 heavy (non-hydrogen) atoms. The first-order chi connectivity index (χ1) is 7.70. The van der Waals surface area contributed by atoms with E-state index in [4.69, 9.17) is 16.0 Å². The van der Waals surface area contributed by atoms with Gasteiger partial charge in [0.1, 0.15) is 6.26 Å². The Bertz CT molecular complexity index is 340. The van der Waals surface area contributed by atoms with Crippen molar-refractivity contribution in [2.24, 2.45) is 0 Å². The molecule has 2 heterocycles. The quantitative estimate of drug-likeness (QED) is 0.760. The second-order valence-electron chi connectivity index (χ2n) is 4.46. The number of aromatic nitrogens is 1. The smallest absolute Gasteiger partial charge is 0.297 e. The van der Waals surface area contributed by atoms with Gasteiger partial charge in [-0.05, 0) is 26.9 Å². The maximum absolute atomic E-state index is 5.71. The van der Waals surface area contributed by atoms with E-state index in [1.54, 1.807) is 6.26 Å². The average Bonchev–Trinajstić information content (AvgIpc) is 2.77. The van der Waals surface area contributed by atoms with Gasteiger partial charge in [0.15, 0.2) is 0 Å². The normalized spacial score (nSPS) is 21.8. The zero-order chi connectivity index (χ0) is 11.5. The van der Waals surface area contributed by atoms with Crippen LogP contribution in [0.3, 0.4) is 0 Å². The number of rotatable bonds is 3. The third-order valence-electron chi connectivity index (χ3n) is 3.07. The summed E-state index contributed by atoms with van der Waals surface area (Å²) in [5.74, 6) is 0.411. The topological polar surface area (TPSA) is 32.5 Å². The Morgan fingerprint density at radius 3 is 3.06 bits per heavy atom. The Morgan fingerprint density at radius 1 is 1.62 bits per heavy atom. The van der Waals surface area contributed by atoms with Crippen molar-refractivity contribution in [1.82, 2.24) is 9.88 Å². The van der Waals surface area contributed by atoms with Gasteiger partial charge in [-0.1, -0.05) is 0 Å². The Kier molecular flexibility index (Phi) is 3.71. The molecular weight excluding hydrogens is 226 g/mol. The summed E-state index contributed by atoms with van der Waals surface area (Å²) in [4.78, 5) is 8.82. The van der Waals surface area contributed by atoms with Gasteiger partial charge in [-0.25, -0.2) is 0 Å². The molecule has 0 saturated carbocycles. The molecule has 0 aromatic carbocycles. The maximum atomic E-state index is 5.71. The Labute approximate surface area is 101 Å². The fourth-order valence-electron chi connectivity index (χ4n) is 2.05. The molecule has 5 heteroatoms. The predicted octanol–water partition coefficient (Wildman–Crippen LogP) is 1.94. The lowest BCUT2D eigenvalue weighted by Gasteiger charge is -2.35. The molecule has 0 spiro atoms. The van der Waals surface area contributed by atoms with Gasteiger partial charge in [-0.15, -0.1) is 11.6 Å². The highest BCUT2D eigenvalue weighted by atomic mass is 35.5. The molecule has 0 N–H and O–H groups in total. The number of alkyl halides is 1. The van der Waals surface area contributed by atoms with Crippen LogP contribution in [0.5, 0.6) is 0 Å². The van der Waals surface area contributed by atoms with Crippen LogP contribution in [0.2, 0.25) is 0 Å². The van der Waals surface area contributed by atoms with Crippen molar-refractivity contribution < 1.29 is 4.42 Å². The van der Waals surface area contributed by atoms with E-state index in [1.807, 2.05) is 0 Å². The van der Waals surface area contributed by atoms with E-state index in [-0.39, 0.29) is 0 Å². The van der Waals surface area contributed by atoms with Crippen LogP contribution in [0.4, 0.5) is 6.01 Å². The largest absolute Gasteiger partial charge is 0.432 e. The fourth-order valence-corrected chi connectivity index (χ4v) is 2.18. The summed E-state index contributed by atoms with van der Waals surface area (Å²) in [6.45, 7) is 2.00. The molecule has 0 radical (unpaired) electrons. The van der Waals surface area contributed by atoms with Crippen LogP contribution >= 0.6 is 11.6 Å². The maximum Gasteiger partial charge on any atom is 0.297 e. The van der Waals surface area contributed by atoms with Crippen molar-refractivity contribution in [3.05, 3.63) is 12.0 Å². The Balaban J connectivity index is 2.03. The zero-order valence-corrected chi connectivity index (χ0v) is 10.6. The van der Waals surface area contributed by atoms with Crippen molar-refractivity contribution in [1.29, 1.82) is 0 Å². The molecule has 0 bridgehead atoms. The summed E-state index contributed by atoms with van der Waals surface area (Å²) in [5, 5.41) is 0. The van der Waals surface area contributed by atoms with Crippen molar-refractivity contribution in [3.8, 4) is 0 Å². The second-order valence-corrected chi connectivity index (χ2v) is 4.73. The van der Waals surface area contributed by atoms with Crippen LogP contribution < -0.4 is 4.90 Å². The molecule has 1 aromatic rings. The fraction of sp³-hybridized carbons (Fsp3) is 0.727. The molecule has 0 aliphatic carbocycles. The molecule has 0 amide bonds. The lowest BCUT2D eigenvalue weighted by Crippen LogP contribution is -2.45. The first-order valence-electron chi connectivity index (χ1n) is 5.62. The van der Waals surface area contributed by atoms with Gasteiger partial charge in [0.25, 0.3) is 6.01 Å². The van der Waals surface area contributed by atoms with Gasteiger partial charge >= 0.3 is 0 Å². The second kappa shape index (κ2) is 5.06. The number of anilines is 1. The van der Waals surface area contributed by atoms with Crippen LogP contribution in [0, 0.1) is 0 Å². The zero-order valence-electron chi connectivity index (χ0n) is 9.82. The van der Waals surface area contributed by atoms with Crippen LogP contribution in [0.15, 0.2) is 10.7 Å². The van der Waals surface area contributed by atoms with Crippen LogP contribution in [-0.4, -0.2) is 43.1 Å². The first-order valence-corrected chi connectivity index (χ1v) is 6.16. The molecule has 1 unspecified atom stereocenters. The molecule has 90 valence electrons. The predicted molar refractivity (Wildman–Crippen MR) is 65.0 cm³/mol. The van der Waals surface area contributed by atoms with Gasteiger partial charge in [0, 0.05) is 19.1 Å². The van der Waals surface area contributed by atoms with Crippen LogP contribution in [-0.2, 0) is 5.88 Å². The first kappa shape index (κ1) is 11.7. The monoisotopic (exact) mass is 243 g/mol. The van der Waals surface area contributed by atoms with E-state index in [2.05, 4.69) is 28.9 Å². The summed E-state index contributed by atoms with van der Waals surface area (Å²) in [6.07, 6.45) is 4.07. The van der Waals surface area contributed by atoms with Crippen molar-refractivity contribution in [3.63, 3.8) is 0 Å². The summed E-state index contributed by atoms with van der Waals surface area (Å²) in [7, 11) is 4.24. The number of likely N-dealkylation sites (N-methyl/N-ethyl adjacent to an activating group) is 1. The van der Waals surface area contributed by atoms with Crippen molar-refractivity contribution in [2.45, 2.75) is 24.8 Å². The molecule has 1 aromatic heterocycles. The highest BCUT2D eigenvalue weighted by Crippen LogP contribution is 2.21. The van der Waals surface area contributed by atoms with E-state index in [1.165, 1.54) is 12.8 Å². The highest BCUT2D eigenvalue weighted by Gasteiger charge is 2.24. The third kappa shape index (κ3) is 2.50. The molecule has 1 saturated heterocycles. The minimum atomic E-state index is 0.411. The summed E-state index contributed by atoms with van der Waals surface area (Å²) < 4.78 is 5.43. The highest BCUT2D eigenvalue weighted by molar-refractivity contribution is 6.16. The Morgan fingerprint density at radius 2 is 2.44 bits per heavy atom. The summed E-state index contributed by atoms with van der Waals surface area (Å²) in [5.41, 5.74) is 0.809. The number of piperidine rings is 1. The van der Waals surface area contributed by atoms with Crippen LogP contribution in [0.25, 0.3) is 0 Å². The number of oxazole rings is 1. The number of halogens is 1. The lowest BCUT2D eigenvalue weighted by atomic mass is 10.1. The van der Waals surface area contributed by atoms with Crippen LogP contribution in [0.1, 0.15) is 18.5 Å². The van der Waals surface area contributed by atoms with Gasteiger partial charge in [0.2, 0.25) is 0 Å². The molecule has 4 nitrogen and oxygen atoms in total. The molecule has 1 aliphatic heterocycles. The van der Waals surface area contributed by atoms with Crippen molar-refractivity contribution >= 4 is 17.6 Å². The number of nitrogens with zero attached hydrogens (tertiary/aromatic N) is 3. The van der Waals surface area contributed by atoms with E-state index < -0.39 is 0 Å². The Hall–Kier alpha value is -0.740. The minimum Gasteiger partial charge on any atom is -0.432 e. The molecule has 1 atom stereocenters. The number of hydrogen-bond acceptors (Lipinski definition) is 4. The summed E-state index contributed by atoms with van der Waals surface area (Å²) >= 11 is 5.71. The molecular formula is C11H18ClN3O. The molecule has 1 aliphatic rings. The van der Waals surface area contributed by atoms with E-state index in [0.717, 1.165) is 18.8 Å². The third-order valence-corrected chi connectivity index (χ3v) is 3.35. The standard InChI is InChI=1S/C11H18ClN3O/c1-14(2)10-4-3-5-15(7-10)11-13-9(6-12)8-16-11/h8,10H,3-7H2,1-2H3. The van der Waals surface area contributed by atoms with Gasteiger partial charge < -0.3 is 14.2 Å². The number of hydrogen-bond donors (Lipinski definition) is 0. The summed E-state index contributed by atoms with van der Waals surface area (Å²) in [6, 6.07) is 1.29. The van der Waals surface area contributed by atoms with E-state index >= 15 is 0 Å². The lowest BCUT2D eigenvalue weighted by molar-refractivity contribution is 0.253. The van der Waals surface area contributed by atoms with Gasteiger partial charge in [0.05, 0.1) is 11.6 Å². The minimum absolute atomic E-state index is 0.411. The van der Waals surface area contributed by atoms with Gasteiger partial charge in [-0.2, -0.15) is 4.98 Å². The SMILES string of the molecule is CN(C)C1CCCN(c2nc(CCl)co2)C1. The van der Waals surface area contributed by atoms with Gasteiger partial charge in [-0.3, -0.25) is 0 Å². The van der Waals surface area contributed by atoms with E-state index in [9.17, 15) is 0 Å². The van der Waals surface area contributed by atoms with Crippen molar-refractivity contribution in [2.75, 3.05) is 32.1 Å². The van der Waals surface area contributed by atoms with E-state index in [0.29, 0.717) is 17.9 Å². The molecule has 1 fully saturated rings. The average molecular weight is 244 g/mol. The molecule has 2 rings (SSSR count).